The Balaban J connectivity index is 4.39. The van der Waals surface area contributed by atoms with Crippen molar-refractivity contribution in [3.8, 4) is 0 Å². The largest absolute Gasteiger partial charge is 0.465 e. The second-order valence-electron chi connectivity index (χ2n) is 5.79. The van der Waals surface area contributed by atoms with Crippen LogP contribution in [0.2, 0.25) is 0 Å². The zero-order valence-electron chi connectivity index (χ0n) is 12.0. The molecule has 0 fully saturated rings. The van der Waals surface area contributed by atoms with Crippen molar-refractivity contribution in [2.75, 3.05) is 13.2 Å². The molecule has 0 spiro atoms. The molecule has 0 unspecified atom stereocenters. The van der Waals surface area contributed by atoms with Crippen LogP contribution in [0.4, 0.5) is 0 Å². The highest BCUT2D eigenvalue weighted by Crippen LogP contribution is 2.39. The van der Waals surface area contributed by atoms with Crippen molar-refractivity contribution >= 4 is 5.97 Å². The number of hydrogen-bond donors (Lipinski definition) is 1. The highest BCUT2D eigenvalue weighted by molar-refractivity contribution is 5.75. The van der Waals surface area contributed by atoms with Gasteiger partial charge in [0.05, 0.1) is 12.0 Å². The minimum Gasteiger partial charge on any atom is -0.465 e. The molecule has 17 heavy (non-hydrogen) atoms. The summed E-state index contributed by atoms with van der Waals surface area (Å²) in [7, 11) is 0. The van der Waals surface area contributed by atoms with Crippen molar-refractivity contribution in [2.45, 2.75) is 60.3 Å². The van der Waals surface area contributed by atoms with Crippen LogP contribution in [-0.4, -0.2) is 24.3 Å². The molecule has 0 atom stereocenters. The van der Waals surface area contributed by atoms with Gasteiger partial charge in [-0.25, -0.2) is 0 Å². The fourth-order valence-corrected chi connectivity index (χ4v) is 2.06. The summed E-state index contributed by atoms with van der Waals surface area (Å²) in [5.41, 5.74) is -0.254. The third-order valence-corrected chi connectivity index (χ3v) is 3.66. The number of aliphatic hydroxyl groups excluding tert-OH is 1. The van der Waals surface area contributed by atoms with E-state index in [-0.39, 0.29) is 18.0 Å². The van der Waals surface area contributed by atoms with E-state index in [1.165, 1.54) is 0 Å². The predicted octanol–water partition coefficient (Wildman–Crippen LogP) is 3.15. The van der Waals surface area contributed by atoms with Crippen LogP contribution in [0.1, 0.15) is 60.3 Å². The van der Waals surface area contributed by atoms with E-state index in [1.807, 2.05) is 13.8 Å². The Hall–Kier alpha value is -0.570. The molecule has 0 bridgehead atoms. The monoisotopic (exact) mass is 244 g/mol. The van der Waals surface area contributed by atoms with Gasteiger partial charge in [0.1, 0.15) is 0 Å². The zero-order valence-corrected chi connectivity index (χ0v) is 12.0. The molecule has 1 N–H and O–H groups in total. The van der Waals surface area contributed by atoms with Gasteiger partial charge in [-0.15, -0.1) is 0 Å². The average Bonchev–Trinajstić information content (AvgIpc) is 2.28. The lowest BCUT2D eigenvalue weighted by Gasteiger charge is -2.34. The Kier molecular flexibility index (Phi) is 6.76. The van der Waals surface area contributed by atoms with Gasteiger partial charge in [-0.05, 0) is 25.7 Å². The Morgan fingerprint density at radius 2 is 1.71 bits per heavy atom. The molecule has 0 saturated carbocycles. The standard InChI is InChI=1S/C14H28O3/c1-6-14(5,7-2)11-13(3,4)12(16)17-10-8-9-15/h15H,6-11H2,1-5H3. The molecule has 0 aromatic heterocycles. The Labute approximate surface area is 106 Å². The summed E-state index contributed by atoms with van der Waals surface area (Å²) >= 11 is 0. The number of carbonyl (C=O) groups is 1. The Bertz CT molecular complexity index is 230. The first kappa shape index (κ1) is 16.4. The van der Waals surface area contributed by atoms with E-state index in [9.17, 15) is 4.79 Å². The fraction of sp³-hybridized carbons (Fsp3) is 0.929. The number of aliphatic hydroxyl groups is 1. The van der Waals surface area contributed by atoms with Crippen molar-refractivity contribution in [3.05, 3.63) is 0 Å². The Morgan fingerprint density at radius 1 is 1.18 bits per heavy atom. The summed E-state index contributed by atoms with van der Waals surface area (Å²) in [6.45, 7) is 10.8. The molecule has 0 aliphatic carbocycles. The number of esters is 1. The van der Waals surface area contributed by atoms with Crippen molar-refractivity contribution in [2.24, 2.45) is 10.8 Å². The van der Waals surface area contributed by atoms with Crippen LogP contribution >= 0.6 is 0 Å². The molecule has 3 heteroatoms. The minimum atomic E-state index is -0.448. The van der Waals surface area contributed by atoms with Gasteiger partial charge in [0.15, 0.2) is 0 Å². The lowest BCUT2D eigenvalue weighted by Crippen LogP contribution is -2.33. The normalized spacial score (nSPS) is 12.6. The molecule has 0 aliphatic heterocycles. The van der Waals surface area contributed by atoms with Gasteiger partial charge in [-0.2, -0.15) is 0 Å². The quantitative estimate of drug-likeness (QED) is 0.527. The van der Waals surface area contributed by atoms with Crippen molar-refractivity contribution < 1.29 is 14.6 Å². The van der Waals surface area contributed by atoms with Gasteiger partial charge < -0.3 is 9.84 Å². The zero-order chi connectivity index (χ0) is 13.5. The highest BCUT2D eigenvalue weighted by atomic mass is 16.5. The molecule has 0 saturated heterocycles. The van der Waals surface area contributed by atoms with Gasteiger partial charge >= 0.3 is 5.97 Å². The first-order valence-corrected chi connectivity index (χ1v) is 6.59. The maximum atomic E-state index is 11.9. The fourth-order valence-electron chi connectivity index (χ4n) is 2.06. The smallest absolute Gasteiger partial charge is 0.311 e. The number of ether oxygens (including phenoxy) is 1. The highest BCUT2D eigenvalue weighted by Gasteiger charge is 2.36. The van der Waals surface area contributed by atoms with Crippen molar-refractivity contribution in [1.82, 2.24) is 0 Å². The molecule has 0 aromatic rings. The van der Waals surface area contributed by atoms with E-state index < -0.39 is 5.41 Å². The second-order valence-corrected chi connectivity index (χ2v) is 5.79. The van der Waals surface area contributed by atoms with Gasteiger partial charge in [-0.3, -0.25) is 4.79 Å². The number of hydrogen-bond acceptors (Lipinski definition) is 3. The van der Waals surface area contributed by atoms with E-state index in [4.69, 9.17) is 9.84 Å². The van der Waals surface area contributed by atoms with E-state index in [1.54, 1.807) is 0 Å². The van der Waals surface area contributed by atoms with Crippen molar-refractivity contribution in [1.29, 1.82) is 0 Å². The topological polar surface area (TPSA) is 46.5 Å². The number of rotatable bonds is 8. The molecule has 0 heterocycles. The summed E-state index contributed by atoms with van der Waals surface area (Å²) in [6, 6.07) is 0. The second kappa shape index (κ2) is 7.00. The van der Waals surface area contributed by atoms with Crippen LogP contribution < -0.4 is 0 Å². The molecular formula is C14H28O3. The molecule has 0 amide bonds. The van der Waals surface area contributed by atoms with Gasteiger partial charge in [0.25, 0.3) is 0 Å². The van der Waals surface area contributed by atoms with Crippen LogP contribution in [0.3, 0.4) is 0 Å². The lowest BCUT2D eigenvalue weighted by molar-refractivity contribution is -0.156. The summed E-state index contributed by atoms with van der Waals surface area (Å²) in [6.07, 6.45) is 3.49. The summed E-state index contributed by atoms with van der Waals surface area (Å²) < 4.78 is 5.18. The maximum Gasteiger partial charge on any atom is 0.311 e. The van der Waals surface area contributed by atoms with Crippen molar-refractivity contribution in [3.63, 3.8) is 0 Å². The summed E-state index contributed by atoms with van der Waals surface area (Å²) in [5, 5.41) is 8.65. The molecular weight excluding hydrogens is 216 g/mol. The molecule has 0 aromatic carbocycles. The minimum absolute atomic E-state index is 0.0648. The van der Waals surface area contributed by atoms with Crippen LogP contribution in [0, 0.1) is 10.8 Å². The van der Waals surface area contributed by atoms with Crippen LogP contribution in [0.5, 0.6) is 0 Å². The van der Waals surface area contributed by atoms with E-state index >= 15 is 0 Å². The summed E-state index contributed by atoms with van der Waals surface area (Å²) in [4.78, 5) is 11.9. The summed E-state index contributed by atoms with van der Waals surface area (Å²) in [5.74, 6) is -0.154. The number of carbonyl (C=O) groups excluding carboxylic acids is 1. The average molecular weight is 244 g/mol. The van der Waals surface area contributed by atoms with E-state index in [0.717, 1.165) is 19.3 Å². The maximum absolute atomic E-state index is 11.9. The van der Waals surface area contributed by atoms with Crippen LogP contribution in [0.25, 0.3) is 0 Å². The molecule has 3 nitrogen and oxygen atoms in total. The molecule has 0 aliphatic rings. The first-order chi connectivity index (χ1) is 7.81. The molecule has 0 rings (SSSR count). The van der Waals surface area contributed by atoms with E-state index in [2.05, 4.69) is 20.8 Å². The molecule has 0 radical (unpaired) electrons. The molecule has 102 valence electrons. The van der Waals surface area contributed by atoms with Crippen LogP contribution in [0.15, 0.2) is 0 Å². The first-order valence-electron chi connectivity index (χ1n) is 6.59. The van der Waals surface area contributed by atoms with Crippen LogP contribution in [-0.2, 0) is 9.53 Å². The van der Waals surface area contributed by atoms with Gasteiger partial charge in [0.2, 0.25) is 0 Å². The Morgan fingerprint density at radius 3 is 2.12 bits per heavy atom. The predicted molar refractivity (Wildman–Crippen MR) is 69.7 cm³/mol. The third-order valence-electron chi connectivity index (χ3n) is 3.66. The third kappa shape index (κ3) is 5.53. The lowest BCUT2D eigenvalue weighted by atomic mass is 9.71. The van der Waals surface area contributed by atoms with Gasteiger partial charge in [-0.1, -0.05) is 33.6 Å². The SMILES string of the molecule is CCC(C)(CC)CC(C)(C)C(=O)OCCCO. The van der Waals surface area contributed by atoms with Gasteiger partial charge in [0, 0.05) is 13.0 Å². The van der Waals surface area contributed by atoms with E-state index in [0.29, 0.717) is 13.0 Å².